The van der Waals surface area contributed by atoms with Crippen LogP contribution in [-0.2, 0) is 0 Å². The first-order chi connectivity index (χ1) is 9.91. The second kappa shape index (κ2) is 6.07. The van der Waals surface area contributed by atoms with Gasteiger partial charge in [0, 0.05) is 16.9 Å². The van der Waals surface area contributed by atoms with Crippen LogP contribution in [0.1, 0.15) is 15.9 Å². The third-order valence-electron chi connectivity index (χ3n) is 2.82. The smallest absolute Gasteiger partial charge is 0.319 e. The minimum atomic E-state index is -0.741. The zero-order valence-corrected chi connectivity index (χ0v) is 12.3. The van der Waals surface area contributed by atoms with Crippen molar-refractivity contribution in [2.24, 2.45) is 0 Å². The van der Waals surface area contributed by atoms with Gasteiger partial charge in [0.25, 0.3) is 5.91 Å². The number of carbonyl (C=O) groups excluding carboxylic acids is 1. The number of pyridine rings is 1. The highest BCUT2D eigenvalue weighted by Crippen LogP contribution is 2.28. The molecule has 0 saturated heterocycles. The standard InChI is InChI=1S/C13H9Cl2N3O3/c1-7-9(14)3-2-4-10(7)17-13(19)8-5-6-16-12(15)11(8)18(20)21/h2-6H,1H3,(H,17,19). The molecule has 0 aliphatic heterocycles. The number of benzene rings is 1. The molecule has 2 rings (SSSR count). The lowest BCUT2D eigenvalue weighted by Crippen LogP contribution is -2.15. The maximum Gasteiger partial charge on any atom is 0.319 e. The van der Waals surface area contributed by atoms with Crippen LogP contribution in [0, 0.1) is 17.0 Å². The molecule has 0 atom stereocenters. The first kappa shape index (κ1) is 15.2. The van der Waals surface area contributed by atoms with E-state index in [1.54, 1.807) is 25.1 Å². The Morgan fingerprint density at radius 3 is 2.71 bits per heavy atom. The van der Waals surface area contributed by atoms with Crippen LogP contribution in [0.5, 0.6) is 0 Å². The van der Waals surface area contributed by atoms with Crippen molar-refractivity contribution >= 4 is 40.5 Å². The summed E-state index contributed by atoms with van der Waals surface area (Å²) < 4.78 is 0. The maximum atomic E-state index is 12.2. The Morgan fingerprint density at radius 2 is 2.05 bits per heavy atom. The fraction of sp³-hybridized carbons (Fsp3) is 0.0769. The predicted molar refractivity (Wildman–Crippen MR) is 80.0 cm³/mol. The molecule has 1 aromatic carbocycles. The van der Waals surface area contributed by atoms with Crippen LogP contribution in [0.4, 0.5) is 11.4 Å². The molecule has 0 bridgehead atoms. The molecule has 0 saturated carbocycles. The predicted octanol–water partition coefficient (Wildman–Crippen LogP) is 3.86. The normalized spacial score (nSPS) is 10.2. The van der Waals surface area contributed by atoms with E-state index in [0.717, 1.165) is 0 Å². The Kier molecular flexibility index (Phi) is 4.40. The van der Waals surface area contributed by atoms with Crippen molar-refractivity contribution in [3.63, 3.8) is 0 Å². The van der Waals surface area contributed by atoms with E-state index in [-0.39, 0.29) is 10.7 Å². The number of hydrogen-bond acceptors (Lipinski definition) is 4. The van der Waals surface area contributed by atoms with Gasteiger partial charge in [-0.25, -0.2) is 4.98 Å². The largest absolute Gasteiger partial charge is 0.321 e. The van der Waals surface area contributed by atoms with Crippen molar-refractivity contribution in [2.45, 2.75) is 6.92 Å². The molecule has 1 N–H and O–H groups in total. The van der Waals surface area contributed by atoms with E-state index in [0.29, 0.717) is 16.3 Å². The molecule has 0 spiro atoms. The summed E-state index contributed by atoms with van der Waals surface area (Å²) in [5, 5.41) is 13.7. The number of aromatic nitrogens is 1. The highest BCUT2D eigenvalue weighted by molar-refractivity contribution is 6.32. The van der Waals surface area contributed by atoms with Gasteiger partial charge in [-0.2, -0.15) is 0 Å². The van der Waals surface area contributed by atoms with Gasteiger partial charge in [0.05, 0.1) is 4.92 Å². The number of halogens is 2. The minimum absolute atomic E-state index is 0.167. The fourth-order valence-electron chi connectivity index (χ4n) is 1.72. The Balaban J connectivity index is 2.40. The lowest BCUT2D eigenvalue weighted by Gasteiger charge is -2.09. The van der Waals surface area contributed by atoms with Crippen LogP contribution in [-0.4, -0.2) is 15.8 Å². The quantitative estimate of drug-likeness (QED) is 0.527. The van der Waals surface area contributed by atoms with Crippen molar-refractivity contribution < 1.29 is 9.72 Å². The molecular weight excluding hydrogens is 317 g/mol. The van der Waals surface area contributed by atoms with Gasteiger partial charge in [0.1, 0.15) is 5.56 Å². The van der Waals surface area contributed by atoms with Gasteiger partial charge in [-0.3, -0.25) is 14.9 Å². The Bertz CT molecular complexity index is 735. The summed E-state index contributed by atoms with van der Waals surface area (Å²) in [6.45, 7) is 1.73. The topological polar surface area (TPSA) is 85.1 Å². The summed E-state index contributed by atoms with van der Waals surface area (Å²) >= 11 is 11.6. The van der Waals surface area contributed by atoms with E-state index in [1.165, 1.54) is 12.3 Å². The van der Waals surface area contributed by atoms with E-state index in [1.807, 2.05) is 0 Å². The van der Waals surface area contributed by atoms with Gasteiger partial charge in [0.2, 0.25) is 5.15 Å². The van der Waals surface area contributed by atoms with Gasteiger partial charge in [-0.15, -0.1) is 0 Å². The number of anilines is 1. The monoisotopic (exact) mass is 325 g/mol. The summed E-state index contributed by atoms with van der Waals surface area (Å²) in [6.07, 6.45) is 1.23. The van der Waals surface area contributed by atoms with Crippen LogP contribution in [0.2, 0.25) is 10.2 Å². The third-order valence-corrected chi connectivity index (χ3v) is 3.51. The highest BCUT2D eigenvalue weighted by Gasteiger charge is 2.25. The molecule has 0 unspecified atom stereocenters. The summed E-state index contributed by atoms with van der Waals surface area (Å²) in [4.78, 5) is 26.1. The maximum absolute atomic E-state index is 12.2. The first-order valence-electron chi connectivity index (χ1n) is 5.77. The lowest BCUT2D eigenvalue weighted by atomic mass is 10.1. The van der Waals surface area contributed by atoms with Gasteiger partial charge in [-0.1, -0.05) is 29.3 Å². The van der Waals surface area contributed by atoms with Crippen LogP contribution in [0.3, 0.4) is 0 Å². The van der Waals surface area contributed by atoms with Crippen LogP contribution >= 0.6 is 23.2 Å². The highest BCUT2D eigenvalue weighted by atomic mass is 35.5. The van der Waals surface area contributed by atoms with Crippen molar-refractivity contribution in [1.82, 2.24) is 4.98 Å². The molecule has 8 heteroatoms. The molecule has 0 aliphatic rings. The number of hydrogen-bond donors (Lipinski definition) is 1. The summed E-state index contributed by atoms with van der Waals surface area (Å²) in [5.41, 5.74) is 0.431. The van der Waals surface area contributed by atoms with Crippen LogP contribution < -0.4 is 5.32 Å². The summed E-state index contributed by atoms with van der Waals surface area (Å²) in [6, 6.07) is 6.23. The van der Waals surface area contributed by atoms with E-state index in [9.17, 15) is 14.9 Å². The summed E-state index contributed by atoms with van der Waals surface area (Å²) in [7, 11) is 0. The van der Waals surface area contributed by atoms with Crippen molar-refractivity contribution in [3.05, 3.63) is 61.9 Å². The second-order valence-electron chi connectivity index (χ2n) is 4.12. The van der Waals surface area contributed by atoms with Crippen LogP contribution in [0.25, 0.3) is 0 Å². The van der Waals surface area contributed by atoms with E-state index < -0.39 is 16.5 Å². The minimum Gasteiger partial charge on any atom is -0.321 e. The average Bonchev–Trinajstić information content (AvgIpc) is 2.43. The molecule has 0 aliphatic carbocycles. The molecule has 1 aromatic heterocycles. The lowest BCUT2D eigenvalue weighted by molar-refractivity contribution is -0.385. The molecule has 1 amide bonds. The molecule has 2 aromatic rings. The first-order valence-corrected chi connectivity index (χ1v) is 6.52. The van der Waals surface area contributed by atoms with Crippen molar-refractivity contribution in [2.75, 3.05) is 5.32 Å². The number of amides is 1. The molecule has 21 heavy (non-hydrogen) atoms. The van der Waals surface area contributed by atoms with Gasteiger partial charge >= 0.3 is 5.69 Å². The van der Waals surface area contributed by atoms with Crippen LogP contribution in [0.15, 0.2) is 30.5 Å². The zero-order chi connectivity index (χ0) is 15.6. The van der Waals surface area contributed by atoms with E-state index in [2.05, 4.69) is 10.3 Å². The molecule has 0 radical (unpaired) electrons. The molecule has 6 nitrogen and oxygen atoms in total. The van der Waals surface area contributed by atoms with E-state index in [4.69, 9.17) is 23.2 Å². The number of carbonyl (C=O) groups is 1. The fourth-order valence-corrected chi connectivity index (χ4v) is 2.12. The molecule has 108 valence electrons. The molecular formula is C13H9Cl2N3O3. The summed E-state index contributed by atoms with van der Waals surface area (Å²) in [5.74, 6) is -0.656. The Hall–Kier alpha value is -2.18. The molecule has 1 heterocycles. The number of nitrogens with zero attached hydrogens (tertiary/aromatic N) is 2. The molecule has 0 fully saturated rings. The van der Waals surface area contributed by atoms with Crippen molar-refractivity contribution in [1.29, 1.82) is 0 Å². The number of rotatable bonds is 3. The zero-order valence-electron chi connectivity index (χ0n) is 10.8. The average molecular weight is 326 g/mol. The van der Waals surface area contributed by atoms with Crippen molar-refractivity contribution in [3.8, 4) is 0 Å². The van der Waals surface area contributed by atoms with Gasteiger partial charge in [-0.05, 0) is 30.7 Å². The third kappa shape index (κ3) is 3.12. The number of nitro groups is 1. The number of nitrogens with one attached hydrogen (secondary N) is 1. The SMILES string of the molecule is Cc1c(Cl)cccc1NC(=O)c1ccnc(Cl)c1[N+](=O)[O-]. The van der Waals surface area contributed by atoms with Gasteiger partial charge < -0.3 is 5.32 Å². The van der Waals surface area contributed by atoms with E-state index >= 15 is 0 Å². The second-order valence-corrected chi connectivity index (χ2v) is 4.89. The Labute approximate surface area is 129 Å². The van der Waals surface area contributed by atoms with Gasteiger partial charge in [0.15, 0.2) is 0 Å². The Morgan fingerprint density at radius 1 is 1.33 bits per heavy atom.